The molecule has 17 nitrogen and oxygen atoms in total. The van der Waals surface area contributed by atoms with Gasteiger partial charge in [-0.1, -0.05) is 343 Å². The first-order chi connectivity index (χ1) is 45.9. The van der Waals surface area contributed by atoms with Crippen molar-refractivity contribution in [3.8, 4) is 0 Å². The number of aliphatic hydroxyl groups excluding tert-OH is 1. The van der Waals surface area contributed by atoms with Crippen LogP contribution in [0, 0.1) is 11.8 Å². The molecule has 0 bridgehead atoms. The van der Waals surface area contributed by atoms with E-state index in [2.05, 4.69) is 41.5 Å². The quantitative estimate of drug-likeness (QED) is 0.0222. The third kappa shape index (κ3) is 69.0. The topological polar surface area (TPSA) is 237 Å². The summed E-state index contributed by atoms with van der Waals surface area (Å²) in [5, 5.41) is 10.6. The van der Waals surface area contributed by atoms with Crippen molar-refractivity contribution in [3.05, 3.63) is 0 Å². The van der Waals surface area contributed by atoms with Crippen LogP contribution in [-0.4, -0.2) is 96.7 Å². The van der Waals surface area contributed by atoms with E-state index in [9.17, 15) is 43.2 Å². The van der Waals surface area contributed by atoms with Gasteiger partial charge in [0.2, 0.25) is 0 Å². The summed E-state index contributed by atoms with van der Waals surface area (Å²) < 4.78 is 68.4. The maximum atomic E-state index is 13.1. The molecule has 0 radical (unpaired) electrons. The summed E-state index contributed by atoms with van der Waals surface area (Å²) >= 11 is 0. The number of phosphoric ester groups is 2. The van der Waals surface area contributed by atoms with E-state index in [1.54, 1.807) is 0 Å². The van der Waals surface area contributed by atoms with E-state index in [0.29, 0.717) is 25.7 Å². The van der Waals surface area contributed by atoms with Crippen molar-refractivity contribution in [1.29, 1.82) is 0 Å². The molecule has 0 fully saturated rings. The van der Waals surface area contributed by atoms with Gasteiger partial charge in [-0.2, -0.15) is 0 Å². The number of unbranched alkanes of at least 4 members (excludes halogenated alkanes) is 44. The molecule has 0 aliphatic rings. The van der Waals surface area contributed by atoms with Gasteiger partial charge in [-0.05, 0) is 37.5 Å². The molecular formula is C76H148O17P2. The number of hydrogen-bond donors (Lipinski definition) is 3. The Morgan fingerprint density at radius 1 is 0.305 bits per heavy atom. The molecule has 0 aliphatic heterocycles. The van der Waals surface area contributed by atoms with Gasteiger partial charge >= 0.3 is 39.5 Å². The van der Waals surface area contributed by atoms with E-state index in [4.69, 9.17) is 37.0 Å². The second-order valence-electron chi connectivity index (χ2n) is 28.1. The Bertz CT molecular complexity index is 1840. The molecule has 0 amide bonds. The van der Waals surface area contributed by atoms with Crippen LogP contribution in [0.15, 0.2) is 0 Å². The zero-order chi connectivity index (χ0) is 70.0. The van der Waals surface area contributed by atoms with Gasteiger partial charge in [0.25, 0.3) is 0 Å². The Balaban J connectivity index is 5.19. The molecule has 0 aromatic carbocycles. The number of esters is 4. The molecule has 3 unspecified atom stereocenters. The molecule has 95 heavy (non-hydrogen) atoms. The van der Waals surface area contributed by atoms with Crippen molar-refractivity contribution < 1.29 is 80.2 Å². The molecule has 3 N–H and O–H groups in total. The van der Waals surface area contributed by atoms with Gasteiger partial charge < -0.3 is 33.8 Å². The van der Waals surface area contributed by atoms with Gasteiger partial charge in [0.05, 0.1) is 26.4 Å². The number of aliphatic hydroxyl groups is 1. The first-order valence-electron chi connectivity index (χ1n) is 39.5. The number of carbonyl (C=O) groups is 4. The highest BCUT2D eigenvalue weighted by molar-refractivity contribution is 7.47. The summed E-state index contributed by atoms with van der Waals surface area (Å²) in [7, 11) is -9.90. The number of carbonyl (C=O) groups excluding carboxylic acids is 4. The summed E-state index contributed by atoms with van der Waals surface area (Å²) in [5.41, 5.74) is 0. The van der Waals surface area contributed by atoms with E-state index in [1.165, 1.54) is 205 Å². The Morgan fingerprint density at radius 3 is 0.800 bits per heavy atom. The van der Waals surface area contributed by atoms with Gasteiger partial charge in [-0.25, -0.2) is 9.13 Å². The Morgan fingerprint density at radius 2 is 0.537 bits per heavy atom. The Hall–Kier alpha value is -1.94. The van der Waals surface area contributed by atoms with Gasteiger partial charge in [-0.3, -0.25) is 37.3 Å². The lowest BCUT2D eigenvalue weighted by atomic mass is 9.99. The molecule has 6 atom stereocenters. The highest BCUT2D eigenvalue weighted by Gasteiger charge is 2.30. The van der Waals surface area contributed by atoms with Crippen molar-refractivity contribution in [3.63, 3.8) is 0 Å². The average molecular weight is 1400 g/mol. The van der Waals surface area contributed by atoms with Crippen LogP contribution in [0.2, 0.25) is 0 Å². The first-order valence-corrected chi connectivity index (χ1v) is 42.5. The van der Waals surface area contributed by atoms with Crippen LogP contribution in [0.1, 0.15) is 395 Å². The van der Waals surface area contributed by atoms with Crippen LogP contribution in [-0.2, 0) is 65.4 Å². The monoisotopic (exact) mass is 1400 g/mol. The lowest BCUT2D eigenvalue weighted by Crippen LogP contribution is -2.30. The Kier molecular flexibility index (Phi) is 66.5. The third-order valence-corrected chi connectivity index (χ3v) is 20.0. The zero-order valence-corrected chi connectivity index (χ0v) is 63.8. The number of hydrogen-bond acceptors (Lipinski definition) is 15. The number of rotatable bonds is 75. The zero-order valence-electron chi connectivity index (χ0n) is 62.0. The van der Waals surface area contributed by atoms with Crippen LogP contribution in [0.5, 0.6) is 0 Å². The largest absolute Gasteiger partial charge is 0.472 e. The summed E-state index contributed by atoms with van der Waals surface area (Å²) in [5.74, 6) is -0.459. The predicted octanol–water partition coefficient (Wildman–Crippen LogP) is 22.3. The fourth-order valence-corrected chi connectivity index (χ4v) is 13.2. The molecule has 0 spiro atoms. The minimum Gasteiger partial charge on any atom is -0.462 e. The molecule has 19 heteroatoms. The predicted molar refractivity (Wildman–Crippen MR) is 386 cm³/mol. The lowest BCUT2D eigenvalue weighted by Gasteiger charge is -2.21. The fraction of sp³-hybridized carbons (Fsp3) is 0.947. The second kappa shape index (κ2) is 67.9. The minimum atomic E-state index is -4.96. The van der Waals surface area contributed by atoms with E-state index in [0.717, 1.165) is 108 Å². The number of ether oxygens (including phenoxy) is 4. The highest BCUT2D eigenvalue weighted by Crippen LogP contribution is 2.45. The second-order valence-corrected chi connectivity index (χ2v) is 31.0. The number of phosphoric acid groups is 2. The van der Waals surface area contributed by atoms with E-state index in [1.807, 2.05) is 0 Å². The van der Waals surface area contributed by atoms with Crippen molar-refractivity contribution >= 4 is 39.5 Å². The molecule has 0 aromatic rings. The van der Waals surface area contributed by atoms with Crippen LogP contribution in [0.4, 0.5) is 0 Å². The molecule has 0 saturated heterocycles. The smallest absolute Gasteiger partial charge is 0.462 e. The third-order valence-electron chi connectivity index (χ3n) is 18.1. The lowest BCUT2D eigenvalue weighted by molar-refractivity contribution is -0.161. The highest BCUT2D eigenvalue weighted by atomic mass is 31.2. The minimum absolute atomic E-state index is 0.106. The van der Waals surface area contributed by atoms with Gasteiger partial charge in [0.1, 0.15) is 19.3 Å². The van der Waals surface area contributed by atoms with E-state index < -0.39 is 97.5 Å². The SMILES string of the molecule is CCCCCCCCCCCCC(=O)O[C@H](COC(=O)CCCCCCCCCC)COP(=O)(O)OC[C@H](O)COP(=O)(O)OC[C@@H](COC(=O)CCCCCCCCCCCCCCCCC(C)CC)OC(=O)CCCCCCCCCCCCCCCCCCC(C)C. The van der Waals surface area contributed by atoms with Crippen molar-refractivity contribution in [1.82, 2.24) is 0 Å². The average Bonchev–Trinajstić information content (AvgIpc) is 1.32. The van der Waals surface area contributed by atoms with Gasteiger partial charge in [0.15, 0.2) is 12.2 Å². The maximum absolute atomic E-state index is 13.1. The van der Waals surface area contributed by atoms with Crippen molar-refractivity contribution in [2.24, 2.45) is 11.8 Å². The van der Waals surface area contributed by atoms with Crippen LogP contribution < -0.4 is 0 Å². The molecular weight excluding hydrogens is 1250 g/mol. The maximum Gasteiger partial charge on any atom is 0.472 e. The van der Waals surface area contributed by atoms with E-state index >= 15 is 0 Å². The van der Waals surface area contributed by atoms with Crippen LogP contribution in [0.25, 0.3) is 0 Å². The summed E-state index contributed by atoms with van der Waals surface area (Å²) in [4.78, 5) is 72.7. The fourth-order valence-electron chi connectivity index (χ4n) is 11.6. The summed E-state index contributed by atoms with van der Waals surface area (Å²) in [6, 6.07) is 0. The summed E-state index contributed by atoms with van der Waals surface area (Å²) in [6.45, 7) is 9.65. The van der Waals surface area contributed by atoms with Crippen molar-refractivity contribution in [2.75, 3.05) is 39.6 Å². The molecule has 0 saturated carbocycles. The molecule has 0 aliphatic carbocycles. The standard InChI is InChI=1S/C76H148O17P2/c1-7-10-12-14-16-18-35-42-48-54-60-75(80)92-71(64-86-73(78)58-52-46-40-17-15-13-11-8-2)66-90-94(82,83)88-62-70(77)63-89-95(84,85)91-67-72(65-87-74(79)59-53-47-41-36-31-27-24-23-26-30-34-39-45-51-57-69(6)9-3)93-76(81)61-55-49-43-37-32-28-22-20-19-21-25-29-33-38-44-50-56-68(4)5/h68-72,77H,7-67H2,1-6H3,(H,82,83)(H,84,85)/t69?,70-,71+,72+/m0/s1. The van der Waals surface area contributed by atoms with Gasteiger partial charge in [0, 0.05) is 25.7 Å². The van der Waals surface area contributed by atoms with Crippen LogP contribution >= 0.6 is 15.6 Å². The first kappa shape index (κ1) is 93.1. The molecule has 564 valence electrons. The van der Waals surface area contributed by atoms with Crippen molar-refractivity contribution in [2.45, 2.75) is 413 Å². The Labute approximate surface area is 581 Å². The van der Waals surface area contributed by atoms with Gasteiger partial charge in [-0.15, -0.1) is 0 Å². The molecule has 0 rings (SSSR count). The van der Waals surface area contributed by atoms with E-state index in [-0.39, 0.29) is 25.7 Å². The van der Waals surface area contributed by atoms with Crippen LogP contribution in [0.3, 0.4) is 0 Å². The molecule has 0 aromatic heterocycles. The summed E-state index contributed by atoms with van der Waals surface area (Å²) in [6.07, 6.45) is 55.5. The molecule has 0 heterocycles. The normalized spacial score (nSPS) is 14.3.